The summed E-state index contributed by atoms with van der Waals surface area (Å²) in [6, 6.07) is 12.7. The zero-order valence-electron chi connectivity index (χ0n) is 16.6. The van der Waals surface area contributed by atoms with E-state index in [2.05, 4.69) is 5.32 Å². The van der Waals surface area contributed by atoms with Gasteiger partial charge in [-0.2, -0.15) is 4.31 Å². The van der Waals surface area contributed by atoms with Crippen LogP contribution >= 0.6 is 0 Å². The fraction of sp³-hybridized carbons (Fsp3) is 0.333. The van der Waals surface area contributed by atoms with Crippen LogP contribution in [0.2, 0.25) is 0 Å². The van der Waals surface area contributed by atoms with Gasteiger partial charge in [-0.25, -0.2) is 8.42 Å². The quantitative estimate of drug-likeness (QED) is 0.806. The average molecular weight is 429 g/mol. The van der Waals surface area contributed by atoms with Gasteiger partial charge in [0.25, 0.3) is 5.91 Å². The number of carbonyl (C=O) groups excluding carboxylic acids is 2. The molecule has 1 saturated heterocycles. The number of sulfonamides is 1. The van der Waals surface area contributed by atoms with Crippen LogP contribution in [-0.2, 0) is 19.6 Å². The van der Waals surface area contributed by atoms with Crippen molar-refractivity contribution in [1.82, 2.24) is 4.31 Å². The van der Waals surface area contributed by atoms with Crippen molar-refractivity contribution in [3.8, 4) is 0 Å². The van der Waals surface area contributed by atoms with Gasteiger partial charge < -0.3 is 15.0 Å². The van der Waals surface area contributed by atoms with Crippen LogP contribution in [0.3, 0.4) is 0 Å². The lowest BCUT2D eigenvalue weighted by molar-refractivity contribution is -0.116. The third kappa shape index (κ3) is 3.83. The minimum Gasteiger partial charge on any atom is -0.379 e. The van der Waals surface area contributed by atoms with E-state index in [0.29, 0.717) is 43.2 Å². The van der Waals surface area contributed by atoms with Crippen molar-refractivity contribution >= 4 is 33.2 Å². The van der Waals surface area contributed by atoms with Gasteiger partial charge in [-0.05, 0) is 43.3 Å². The summed E-state index contributed by atoms with van der Waals surface area (Å²) in [6.07, 6.45) is 0.171. The van der Waals surface area contributed by atoms with Crippen LogP contribution in [-0.4, -0.2) is 56.9 Å². The highest BCUT2D eigenvalue weighted by Gasteiger charge is 2.31. The van der Waals surface area contributed by atoms with Gasteiger partial charge in [-0.3, -0.25) is 9.59 Å². The van der Waals surface area contributed by atoms with Crippen LogP contribution in [0, 0.1) is 0 Å². The molecule has 8 nitrogen and oxygen atoms in total. The van der Waals surface area contributed by atoms with E-state index in [1.165, 1.54) is 28.6 Å². The molecule has 0 bridgehead atoms. The van der Waals surface area contributed by atoms with Gasteiger partial charge >= 0.3 is 0 Å². The molecule has 2 heterocycles. The Bertz CT molecular complexity index is 1060. The SMILES string of the molecule is CC1CC(=O)Nc2ccccc2N1C(=O)c1ccc(S(=O)(=O)N2CCOCC2)cc1. The van der Waals surface area contributed by atoms with E-state index < -0.39 is 10.0 Å². The van der Waals surface area contributed by atoms with Gasteiger partial charge in [-0.1, -0.05) is 12.1 Å². The van der Waals surface area contributed by atoms with Gasteiger partial charge in [-0.15, -0.1) is 0 Å². The first-order valence-electron chi connectivity index (χ1n) is 9.78. The molecule has 158 valence electrons. The molecule has 0 aromatic heterocycles. The molecule has 0 spiro atoms. The van der Waals surface area contributed by atoms with Crippen molar-refractivity contribution in [2.75, 3.05) is 36.5 Å². The fourth-order valence-corrected chi connectivity index (χ4v) is 5.15. The number of nitrogens with one attached hydrogen (secondary N) is 1. The number of amides is 2. The second-order valence-electron chi connectivity index (χ2n) is 7.33. The van der Waals surface area contributed by atoms with Crippen LogP contribution in [0.15, 0.2) is 53.4 Å². The molecule has 9 heteroatoms. The largest absolute Gasteiger partial charge is 0.379 e. The number of ether oxygens (including phenoxy) is 1. The van der Waals surface area contributed by atoms with Crippen molar-refractivity contribution in [3.63, 3.8) is 0 Å². The van der Waals surface area contributed by atoms with Crippen molar-refractivity contribution in [1.29, 1.82) is 0 Å². The minimum atomic E-state index is -3.63. The molecule has 1 fully saturated rings. The molecule has 0 saturated carbocycles. The van der Waals surface area contributed by atoms with Crippen molar-refractivity contribution < 1.29 is 22.7 Å². The Hall–Kier alpha value is -2.75. The first-order chi connectivity index (χ1) is 14.4. The summed E-state index contributed by atoms with van der Waals surface area (Å²) in [5.41, 5.74) is 1.55. The number of rotatable bonds is 3. The lowest BCUT2D eigenvalue weighted by Crippen LogP contribution is -2.40. The zero-order valence-corrected chi connectivity index (χ0v) is 17.4. The Balaban J connectivity index is 1.63. The highest BCUT2D eigenvalue weighted by molar-refractivity contribution is 7.89. The molecule has 2 aliphatic rings. The Labute approximate surface area is 175 Å². The lowest BCUT2D eigenvalue weighted by atomic mass is 10.1. The average Bonchev–Trinajstić information content (AvgIpc) is 2.88. The second-order valence-corrected chi connectivity index (χ2v) is 9.27. The number of nitrogens with zero attached hydrogens (tertiary/aromatic N) is 2. The maximum atomic E-state index is 13.3. The standard InChI is InChI=1S/C21H23N3O5S/c1-15-14-20(25)22-18-4-2-3-5-19(18)24(15)21(26)16-6-8-17(9-7-16)30(27,28)23-10-12-29-13-11-23/h2-9,15H,10-14H2,1H3,(H,22,25). The molecule has 2 amide bonds. The Kier molecular flexibility index (Phi) is 5.59. The van der Waals surface area contributed by atoms with E-state index in [9.17, 15) is 18.0 Å². The van der Waals surface area contributed by atoms with E-state index >= 15 is 0 Å². The number of fused-ring (bicyclic) bond motifs is 1. The summed E-state index contributed by atoms with van der Waals surface area (Å²) in [7, 11) is -3.63. The van der Waals surface area contributed by atoms with E-state index in [1.807, 2.05) is 6.92 Å². The van der Waals surface area contributed by atoms with Crippen molar-refractivity contribution in [3.05, 3.63) is 54.1 Å². The number of anilines is 2. The minimum absolute atomic E-state index is 0.141. The van der Waals surface area contributed by atoms with Gasteiger partial charge in [0.05, 0.1) is 29.5 Å². The van der Waals surface area contributed by atoms with Crippen LogP contribution < -0.4 is 10.2 Å². The fourth-order valence-electron chi connectivity index (χ4n) is 3.74. The Morgan fingerprint density at radius 3 is 2.43 bits per heavy atom. The highest BCUT2D eigenvalue weighted by atomic mass is 32.2. The first-order valence-corrected chi connectivity index (χ1v) is 11.2. The van der Waals surface area contributed by atoms with Crippen LogP contribution in [0.5, 0.6) is 0 Å². The monoisotopic (exact) mass is 429 g/mol. The smallest absolute Gasteiger partial charge is 0.258 e. The Morgan fingerprint density at radius 1 is 1.07 bits per heavy atom. The predicted octanol–water partition coefficient (Wildman–Crippen LogP) is 2.08. The normalized spacial score (nSPS) is 20.2. The van der Waals surface area contributed by atoms with Gasteiger partial charge in [0.1, 0.15) is 0 Å². The maximum absolute atomic E-state index is 13.3. The number of morpholine rings is 1. The van der Waals surface area contributed by atoms with Gasteiger partial charge in [0, 0.05) is 31.1 Å². The van der Waals surface area contributed by atoms with Gasteiger partial charge in [0.15, 0.2) is 0 Å². The first kappa shape index (κ1) is 20.5. The number of hydrogen-bond donors (Lipinski definition) is 1. The molecule has 2 aliphatic heterocycles. The summed E-state index contributed by atoms with van der Waals surface area (Å²) in [5.74, 6) is -0.445. The number of para-hydroxylation sites is 2. The van der Waals surface area contributed by atoms with E-state index in [1.54, 1.807) is 29.2 Å². The van der Waals surface area contributed by atoms with Crippen LogP contribution in [0.25, 0.3) is 0 Å². The molecular weight excluding hydrogens is 406 g/mol. The summed E-state index contributed by atoms with van der Waals surface area (Å²) in [6.45, 7) is 3.18. The molecule has 2 aromatic carbocycles. The molecule has 0 aliphatic carbocycles. The predicted molar refractivity (Wildman–Crippen MR) is 112 cm³/mol. The van der Waals surface area contributed by atoms with E-state index in [0.717, 1.165) is 0 Å². The summed E-state index contributed by atoms with van der Waals surface area (Å²) >= 11 is 0. The molecule has 1 N–H and O–H groups in total. The second kappa shape index (κ2) is 8.17. The molecule has 2 aromatic rings. The van der Waals surface area contributed by atoms with Crippen LogP contribution in [0.1, 0.15) is 23.7 Å². The maximum Gasteiger partial charge on any atom is 0.258 e. The van der Waals surface area contributed by atoms with Crippen molar-refractivity contribution in [2.24, 2.45) is 0 Å². The number of hydrogen-bond acceptors (Lipinski definition) is 5. The summed E-state index contributed by atoms with van der Waals surface area (Å²) in [5, 5.41) is 2.83. The topological polar surface area (TPSA) is 96.0 Å². The molecule has 1 atom stereocenters. The molecule has 4 rings (SSSR count). The highest BCUT2D eigenvalue weighted by Crippen LogP contribution is 2.32. The number of carbonyl (C=O) groups is 2. The molecule has 30 heavy (non-hydrogen) atoms. The summed E-state index contributed by atoms with van der Waals surface area (Å²) < 4.78 is 32.2. The lowest BCUT2D eigenvalue weighted by Gasteiger charge is -2.28. The molecule has 1 unspecified atom stereocenters. The third-order valence-corrected chi connectivity index (χ3v) is 7.20. The van der Waals surface area contributed by atoms with E-state index in [-0.39, 0.29) is 29.2 Å². The summed E-state index contributed by atoms with van der Waals surface area (Å²) in [4.78, 5) is 27.2. The number of benzene rings is 2. The van der Waals surface area contributed by atoms with Gasteiger partial charge in [0.2, 0.25) is 15.9 Å². The zero-order chi connectivity index (χ0) is 21.3. The molecule has 0 radical (unpaired) electrons. The van der Waals surface area contributed by atoms with Crippen LogP contribution in [0.4, 0.5) is 11.4 Å². The Morgan fingerprint density at radius 2 is 1.73 bits per heavy atom. The molecular formula is C21H23N3O5S. The van der Waals surface area contributed by atoms with Crippen molar-refractivity contribution in [2.45, 2.75) is 24.3 Å². The third-order valence-electron chi connectivity index (χ3n) is 5.29. The van der Waals surface area contributed by atoms with E-state index in [4.69, 9.17) is 4.74 Å².